The summed E-state index contributed by atoms with van der Waals surface area (Å²) < 4.78 is 13.8. The van der Waals surface area contributed by atoms with E-state index in [1.165, 1.54) is 67.3 Å². The van der Waals surface area contributed by atoms with E-state index in [1.54, 1.807) is 0 Å². The lowest BCUT2D eigenvalue weighted by atomic mass is 9.97. The SMILES string of the molecule is Cc1ccc(C(C)C)cc1N(c1ccc2cc3c(cc2c1)oc1c3ccc2c3cc4ccc(N(c5cc(C(C)C)ccc5C)c5cc(C(C)C)ccc5C)cc4cc3oc21)c1cc(C(C)C)ccc1C. The molecule has 4 heteroatoms. The van der Waals surface area contributed by atoms with E-state index in [0.717, 1.165) is 76.8 Å². The van der Waals surface area contributed by atoms with Crippen molar-refractivity contribution < 1.29 is 8.83 Å². The molecular formula is C66H64N2O2. The third-order valence-corrected chi connectivity index (χ3v) is 15.0. The average molecular weight is 917 g/mol. The van der Waals surface area contributed by atoms with E-state index < -0.39 is 0 Å². The van der Waals surface area contributed by atoms with Gasteiger partial charge in [0.25, 0.3) is 0 Å². The molecule has 350 valence electrons. The molecule has 2 heterocycles. The molecule has 0 N–H and O–H groups in total. The fourth-order valence-corrected chi connectivity index (χ4v) is 10.5. The number of fused-ring (bicyclic) bond motifs is 9. The third kappa shape index (κ3) is 7.69. The van der Waals surface area contributed by atoms with E-state index in [0.29, 0.717) is 23.7 Å². The van der Waals surface area contributed by atoms with Gasteiger partial charge in [0.2, 0.25) is 0 Å². The molecule has 0 aliphatic rings. The number of hydrogen-bond acceptors (Lipinski definition) is 4. The molecule has 0 saturated carbocycles. The van der Waals surface area contributed by atoms with Gasteiger partial charge >= 0.3 is 0 Å². The molecule has 0 spiro atoms. The normalized spacial score (nSPS) is 12.2. The highest BCUT2D eigenvalue weighted by atomic mass is 16.4. The second kappa shape index (κ2) is 17.3. The topological polar surface area (TPSA) is 32.8 Å². The summed E-state index contributed by atoms with van der Waals surface area (Å²) in [5.74, 6) is 1.64. The van der Waals surface area contributed by atoms with Gasteiger partial charge in [-0.05, 0) is 202 Å². The minimum Gasteiger partial charge on any atom is -0.452 e. The van der Waals surface area contributed by atoms with E-state index >= 15 is 0 Å². The van der Waals surface area contributed by atoms with Gasteiger partial charge in [0.1, 0.15) is 11.2 Å². The first-order chi connectivity index (χ1) is 33.6. The standard InChI is InChI=1S/C66H64N2O2/c1-37(2)45-17-13-41(9)59(31-45)67(60-32-46(38(3)4)18-14-42(60)10)53-23-21-49-29-57-55-25-26-56-58-30-50-22-24-54(28-52(50)36-64(58)70-66(56)65(55)69-63(57)35-51(49)27-53)68(61-33-47(39(5)6)19-15-43(61)11)62-34-48(40(7)8)20-16-44(62)12/h13-40H,1-12H3. The first-order valence-corrected chi connectivity index (χ1v) is 25.3. The van der Waals surface area contributed by atoms with Crippen LogP contribution in [0.3, 0.4) is 0 Å². The van der Waals surface area contributed by atoms with Gasteiger partial charge in [-0.2, -0.15) is 0 Å². The zero-order chi connectivity index (χ0) is 48.9. The second-order valence-electron chi connectivity index (χ2n) is 21.3. The van der Waals surface area contributed by atoms with Crippen LogP contribution in [0.5, 0.6) is 0 Å². The average Bonchev–Trinajstić information content (AvgIpc) is 3.89. The molecule has 11 aromatic rings. The fourth-order valence-electron chi connectivity index (χ4n) is 10.5. The molecule has 70 heavy (non-hydrogen) atoms. The monoisotopic (exact) mass is 916 g/mol. The van der Waals surface area contributed by atoms with Crippen LogP contribution in [0.25, 0.3) is 65.4 Å². The molecule has 0 amide bonds. The predicted molar refractivity (Wildman–Crippen MR) is 301 cm³/mol. The van der Waals surface area contributed by atoms with Crippen molar-refractivity contribution in [1.29, 1.82) is 0 Å². The molecule has 9 aromatic carbocycles. The summed E-state index contributed by atoms with van der Waals surface area (Å²) in [6.45, 7) is 27.1. The van der Waals surface area contributed by atoms with Gasteiger partial charge in [-0.15, -0.1) is 0 Å². The fraction of sp³-hybridized carbons (Fsp3) is 0.242. The molecule has 0 unspecified atom stereocenters. The van der Waals surface area contributed by atoms with Crippen molar-refractivity contribution in [3.8, 4) is 0 Å². The number of furan rings is 2. The van der Waals surface area contributed by atoms with E-state index in [4.69, 9.17) is 8.83 Å². The zero-order valence-corrected chi connectivity index (χ0v) is 42.9. The maximum absolute atomic E-state index is 6.90. The number of benzene rings is 9. The van der Waals surface area contributed by atoms with Crippen molar-refractivity contribution in [2.75, 3.05) is 9.80 Å². The van der Waals surface area contributed by atoms with E-state index in [9.17, 15) is 0 Å². The van der Waals surface area contributed by atoms with Gasteiger partial charge in [-0.1, -0.05) is 116 Å². The predicted octanol–water partition coefficient (Wildman–Crippen LogP) is 20.5. The van der Waals surface area contributed by atoms with E-state index in [2.05, 4.69) is 238 Å². The summed E-state index contributed by atoms with van der Waals surface area (Å²) in [5, 5.41) is 8.85. The molecule has 0 saturated heterocycles. The van der Waals surface area contributed by atoms with Crippen LogP contribution in [0.4, 0.5) is 34.1 Å². The molecule has 0 atom stereocenters. The summed E-state index contributed by atoms with van der Waals surface area (Å²) in [6.07, 6.45) is 0. The molecule has 0 bridgehead atoms. The summed E-state index contributed by atoms with van der Waals surface area (Å²) in [4.78, 5) is 4.92. The Morgan fingerprint density at radius 2 is 0.614 bits per heavy atom. The first-order valence-electron chi connectivity index (χ1n) is 25.3. The van der Waals surface area contributed by atoms with Crippen LogP contribution in [-0.2, 0) is 0 Å². The van der Waals surface area contributed by atoms with Crippen molar-refractivity contribution in [2.24, 2.45) is 0 Å². The van der Waals surface area contributed by atoms with Gasteiger partial charge in [0, 0.05) is 55.7 Å². The van der Waals surface area contributed by atoms with Crippen LogP contribution in [0, 0.1) is 27.7 Å². The van der Waals surface area contributed by atoms with Crippen LogP contribution in [0.2, 0.25) is 0 Å². The Morgan fingerprint density at radius 1 is 0.300 bits per heavy atom. The highest BCUT2D eigenvalue weighted by molar-refractivity contribution is 6.21. The molecule has 0 aliphatic heterocycles. The number of rotatable bonds is 10. The van der Waals surface area contributed by atoms with Gasteiger partial charge < -0.3 is 18.6 Å². The summed E-state index contributed by atoms with van der Waals surface area (Å²) in [5.41, 5.74) is 20.5. The van der Waals surface area contributed by atoms with E-state index in [-0.39, 0.29) is 0 Å². The number of hydrogen-bond donors (Lipinski definition) is 0. The van der Waals surface area contributed by atoms with Gasteiger partial charge in [0.15, 0.2) is 11.2 Å². The third-order valence-electron chi connectivity index (χ3n) is 15.0. The Morgan fingerprint density at radius 3 is 0.914 bits per heavy atom. The first kappa shape index (κ1) is 45.2. The number of aryl methyl sites for hydroxylation is 4. The van der Waals surface area contributed by atoms with Gasteiger partial charge in [0.05, 0.1) is 0 Å². The minimum absolute atomic E-state index is 0.411. The van der Waals surface area contributed by atoms with E-state index in [1.807, 2.05) is 0 Å². The van der Waals surface area contributed by atoms with Crippen LogP contribution >= 0.6 is 0 Å². The summed E-state index contributed by atoms with van der Waals surface area (Å²) in [6, 6.07) is 54.9. The summed E-state index contributed by atoms with van der Waals surface area (Å²) >= 11 is 0. The smallest absolute Gasteiger partial charge is 0.178 e. The Bertz CT molecular complexity index is 3490. The maximum Gasteiger partial charge on any atom is 0.178 e. The Hall–Kier alpha value is -7.30. The highest BCUT2D eigenvalue weighted by Crippen LogP contribution is 2.46. The number of anilines is 6. The zero-order valence-electron chi connectivity index (χ0n) is 42.9. The maximum atomic E-state index is 6.90. The van der Waals surface area contributed by atoms with Gasteiger partial charge in [-0.25, -0.2) is 0 Å². The molecule has 4 nitrogen and oxygen atoms in total. The van der Waals surface area contributed by atoms with Crippen molar-refractivity contribution in [1.82, 2.24) is 0 Å². The van der Waals surface area contributed by atoms with Crippen molar-refractivity contribution >= 4 is 99.5 Å². The molecule has 0 radical (unpaired) electrons. The van der Waals surface area contributed by atoms with Crippen molar-refractivity contribution in [3.63, 3.8) is 0 Å². The Balaban J connectivity index is 1.04. The quantitative estimate of drug-likeness (QED) is 0.137. The Labute approximate surface area is 413 Å². The Kier molecular flexibility index (Phi) is 11.1. The molecule has 0 aliphatic carbocycles. The molecule has 0 fully saturated rings. The van der Waals surface area contributed by atoms with Gasteiger partial charge in [-0.3, -0.25) is 0 Å². The molecule has 2 aromatic heterocycles. The molecule has 11 rings (SSSR count). The largest absolute Gasteiger partial charge is 0.452 e. The van der Waals surface area contributed by atoms with Crippen LogP contribution in [0.1, 0.15) is 124 Å². The number of nitrogens with zero attached hydrogens (tertiary/aromatic N) is 2. The van der Waals surface area contributed by atoms with Crippen LogP contribution < -0.4 is 9.80 Å². The van der Waals surface area contributed by atoms with Crippen molar-refractivity contribution in [2.45, 2.75) is 107 Å². The summed E-state index contributed by atoms with van der Waals surface area (Å²) in [7, 11) is 0. The van der Waals surface area contributed by atoms with Crippen molar-refractivity contribution in [3.05, 3.63) is 190 Å². The lowest BCUT2D eigenvalue weighted by Crippen LogP contribution is -2.14. The van der Waals surface area contributed by atoms with Crippen LogP contribution in [0.15, 0.2) is 154 Å². The lowest BCUT2D eigenvalue weighted by molar-refractivity contribution is 0.634. The van der Waals surface area contributed by atoms with Crippen LogP contribution in [-0.4, -0.2) is 0 Å². The second-order valence-corrected chi connectivity index (χ2v) is 21.3. The minimum atomic E-state index is 0.411. The molecular weight excluding hydrogens is 853 g/mol. The lowest BCUT2D eigenvalue weighted by Gasteiger charge is -2.30. The highest BCUT2D eigenvalue weighted by Gasteiger charge is 2.23.